The molecule has 2 N–H and O–H groups in total. The van der Waals surface area contributed by atoms with E-state index in [1.54, 1.807) is 6.07 Å². The zero-order valence-electron chi connectivity index (χ0n) is 11.3. The summed E-state index contributed by atoms with van der Waals surface area (Å²) >= 11 is 0. The van der Waals surface area contributed by atoms with Gasteiger partial charge in [0.1, 0.15) is 5.82 Å². The Balaban J connectivity index is 2.25. The summed E-state index contributed by atoms with van der Waals surface area (Å²) in [7, 11) is 0. The maximum atomic E-state index is 13.9. The lowest BCUT2D eigenvalue weighted by molar-refractivity contribution is 0.0555. The van der Waals surface area contributed by atoms with Crippen LogP contribution < -0.4 is 5.73 Å². The summed E-state index contributed by atoms with van der Waals surface area (Å²) in [6, 6.07) is 8.01. The smallest absolute Gasteiger partial charge is 0.127 e. The van der Waals surface area contributed by atoms with Gasteiger partial charge in [0.2, 0.25) is 0 Å². The first-order valence-electron chi connectivity index (χ1n) is 6.87. The Bertz CT molecular complexity index is 394. The van der Waals surface area contributed by atoms with Gasteiger partial charge in [-0.2, -0.15) is 0 Å². The molecule has 0 aliphatic carbocycles. The summed E-state index contributed by atoms with van der Waals surface area (Å²) in [6.07, 6.45) is 3.53. The van der Waals surface area contributed by atoms with Gasteiger partial charge in [0.25, 0.3) is 0 Å². The molecule has 0 saturated carbocycles. The standard InChI is InChI=1S/C15H23FN2/c1-11-6-5-7-13(10-17)18(11)12(2)14-8-3-4-9-15(14)16/h3-4,8-9,11-13H,5-7,10,17H2,1-2H3. The molecular formula is C15H23FN2. The number of piperidine rings is 1. The molecule has 1 aliphatic heterocycles. The van der Waals surface area contributed by atoms with Crippen LogP contribution in [0.4, 0.5) is 4.39 Å². The van der Waals surface area contributed by atoms with Crippen molar-refractivity contribution in [3.63, 3.8) is 0 Å². The van der Waals surface area contributed by atoms with Gasteiger partial charge in [0.05, 0.1) is 0 Å². The lowest BCUT2D eigenvalue weighted by atomic mass is 9.92. The van der Waals surface area contributed by atoms with Gasteiger partial charge in [-0.3, -0.25) is 4.90 Å². The average molecular weight is 250 g/mol. The van der Waals surface area contributed by atoms with Gasteiger partial charge < -0.3 is 5.73 Å². The van der Waals surface area contributed by atoms with Crippen molar-refractivity contribution in [3.05, 3.63) is 35.6 Å². The summed E-state index contributed by atoms with van der Waals surface area (Å²) in [5.41, 5.74) is 6.66. The van der Waals surface area contributed by atoms with Crippen molar-refractivity contribution in [1.82, 2.24) is 4.90 Å². The number of benzene rings is 1. The molecule has 2 nitrogen and oxygen atoms in total. The number of nitrogens with zero attached hydrogens (tertiary/aromatic N) is 1. The zero-order valence-corrected chi connectivity index (χ0v) is 11.3. The number of hydrogen-bond donors (Lipinski definition) is 1. The van der Waals surface area contributed by atoms with E-state index in [-0.39, 0.29) is 11.9 Å². The molecule has 0 radical (unpaired) electrons. The molecule has 3 unspecified atom stereocenters. The van der Waals surface area contributed by atoms with Gasteiger partial charge in [-0.15, -0.1) is 0 Å². The molecular weight excluding hydrogens is 227 g/mol. The molecule has 1 aromatic carbocycles. The fraction of sp³-hybridized carbons (Fsp3) is 0.600. The van der Waals surface area contributed by atoms with Crippen LogP contribution in [0.1, 0.15) is 44.7 Å². The monoisotopic (exact) mass is 250 g/mol. The molecule has 3 heteroatoms. The highest BCUT2D eigenvalue weighted by molar-refractivity contribution is 5.21. The number of halogens is 1. The van der Waals surface area contributed by atoms with Crippen molar-refractivity contribution >= 4 is 0 Å². The second-order valence-corrected chi connectivity index (χ2v) is 5.31. The Kier molecular flexibility index (Phi) is 4.36. The van der Waals surface area contributed by atoms with E-state index in [1.807, 2.05) is 12.1 Å². The van der Waals surface area contributed by atoms with Gasteiger partial charge >= 0.3 is 0 Å². The fourth-order valence-corrected chi connectivity index (χ4v) is 3.22. The van der Waals surface area contributed by atoms with Crippen LogP contribution in [-0.4, -0.2) is 23.5 Å². The van der Waals surface area contributed by atoms with E-state index in [1.165, 1.54) is 18.9 Å². The van der Waals surface area contributed by atoms with Crippen LogP contribution in [-0.2, 0) is 0 Å². The molecule has 2 rings (SSSR count). The van der Waals surface area contributed by atoms with Crippen LogP contribution in [0.15, 0.2) is 24.3 Å². The van der Waals surface area contributed by atoms with E-state index >= 15 is 0 Å². The van der Waals surface area contributed by atoms with Crippen LogP contribution in [0, 0.1) is 5.82 Å². The van der Waals surface area contributed by atoms with Crippen molar-refractivity contribution in [1.29, 1.82) is 0 Å². The molecule has 0 aromatic heterocycles. The maximum Gasteiger partial charge on any atom is 0.127 e. The third kappa shape index (κ3) is 2.57. The first-order valence-corrected chi connectivity index (χ1v) is 6.87. The molecule has 0 bridgehead atoms. The summed E-state index contributed by atoms with van der Waals surface area (Å²) in [6.45, 7) is 4.96. The normalized spacial score (nSPS) is 27.1. The summed E-state index contributed by atoms with van der Waals surface area (Å²) in [5.74, 6) is -0.112. The minimum absolute atomic E-state index is 0.0926. The minimum atomic E-state index is -0.112. The number of rotatable bonds is 3. The van der Waals surface area contributed by atoms with E-state index in [4.69, 9.17) is 5.73 Å². The highest BCUT2D eigenvalue weighted by atomic mass is 19.1. The first-order chi connectivity index (χ1) is 8.65. The molecule has 1 fully saturated rings. The third-order valence-corrected chi connectivity index (χ3v) is 4.16. The molecule has 1 saturated heterocycles. The van der Waals surface area contributed by atoms with E-state index < -0.39 is 0 Å². The zero-order chi connectivity index (χ0) is 13.1. The largest absolute Gasteiger partial charge is 0.329 e. The number of nitrogens with two attached hydrogens (primary N) is 1. The number of hydrogen-bond acceptors (Lipinski definition) is 2. The van der Waals surface area contributed by atoms with Gasteiger partial charge in [-0.1, -0.05) is 24.6 Å². The topological polar surface area (TPSA) is 29.3 Å². The van der Waals surface area contributed by atoms with Crippen molar-refractivity contribution < 1.29 is 4.39 Å². The SMILES string of the molecule is CC1CCCC(CN)N1C(C)c1ccccc1F. The van der Waals surface area contributed by atoms with Crippen LogP contribution >= 0.6 is 0 Å². The molecule has 3 atom stereocenters. The molecule has 100 valence electrons. The van der Waals surface area contributed by atoms with Crippen molar-refractivity contribution in [2.24, 2.45) is 5.73 Å². The fourth-order valence-electron chi connectivity index (χ4n) is 3.22. The van der Waals surface area contributed by atoms with Gasteiger partial charge in [0, 0.05) is 30.2 Å². The second kappa shape index (κ2) is 5.81. The Morgan fingerprint density at radius 2 is 2.11 bits per heavy atom. The predicted octanol–water partition coefficient (Wildman–Crippen LogP) is 3.09. The maximum absolute atomic E-state index is 13.9. The van der Waals surface area contributed by atoms with E-state index in [9.17, 15) is 4.39 Å². The van der Waals surface area contributed by atoms with Crippen LogP contribution in [0.25, 0.3) is 0 Å². The van der Waals surface area contributed by atoms with E-state index in [2.05, 4.69) is 18.7 Å². The predicted molar refractivity (Wildman–Crippen MR) is 72.8 cm³/mol. The summed E-state index contributed by atoms with van der Waals surface area (Å²) in [4.78, 5) is 2.39. The van der Waals surface area contributed by atoms with E-state index in [0.29, 0.717) is 18.6 Å². The van der Waals surface area contributed by atoms with Crippen LogP contribution in [0.2, 0.25) is 0 Å². The molecule has 1 aliphatic rings. The van der Waals surface area contributed by atoms with Gasteiger partial charge in [-0.25, -0.2) is 4.39 Å². The molecule has 0 spiro atoms. The van der Waals surface area contributed by atoms with E-state index in [0.717, 1.165) is 12.0 Å². The Morgan fingerprint density at radius 1 is 1.39 bits per heavy atom. The highest BCUT2D eigenvalue weighted by Crippen LogP contribution is 2.32. The molecule has 18 heavy (non-hydrogen) atoms. The van der Waals surface area contributed by atoms with Crippen LogP contribution in [0.5, 0.6) is 0 Å². The quantitative estimate of drug-likeness (QED) is 0.893. The third-order valence-electron chi connectivity index (χ3n) is 4.16. The summed E-state index contributed by atoms with van der Waals surface area (Å²) < 4.78 is 13.9. The van der Waals surface area contributed by atoms with Gasteiger partial charge in [0.15, 0.2) is 0 Å². The first kappa shape index (κ1) is 13.5. The lowest BCUT2D eigenvalue weighted by Crippen LogP contribution is -2.49. The summed E-state index contributed by atoms with van der Waals surface area (Å²) in [5, 5.41) is 0. The number of likely N-dealkylation sites (tertiary alicyclic amines) is 1. The molecule has 1 aromatic rings. The van der Waals surface area contributed by atoms with Crippen molar-refractivity contribution in [3.8, 4) is 0 Å². The molecule has 1 heterocycles. The highest BCUT2D eigenvalue weighted by Gasteiger charge is 2.32. The Labute approximate surface area is 109 Å². The lowest BCUT2D eigenvalue weighted by Gasteiger charge is -2.44. The van der Waals surface area contributed by atoms with Crippen molar-refractivity contribution in [2.45, 2.75) is 51.2 Å². The Hall–Kier alpha value is -0.930. The van der Waals surface area contributed by atoms with Gasteiger partial charge in [-0.05, 0) is 32.8 Å². The second-order valence-electron chi connectivity index (χ2n) is 5.31. The van der Waals surface area contributed by atoms with Crippen molar-refractivity contribution in [2.75, 3.05) is 6.54 Å². The average Bonchev–Trinajstić information content (AvgIpc) is 2.38. The minimum Gasteiger partial charge on any atom is -0.329 e. The molecule has 0 amide bonds. The van der Waals surface area contributed by atoms with Crippen LogP contribution in [0.3, 0.4) is 0 Å². The Morgan fingerprint density at radius 3 is 2.78 bits per heavy atom.